The average molecular weight is 363 g/mol. The van der Waals surface area contributed by atoms with E-state index in [-0.39, 0.29) is 24.0 Å². The van der Waals surface area contributed by atoms with Gasteiger partial charge in [0.25, 0.3) is 17.7 Å². The second-order valence-electron chi connectivity index (χ2n) is 6.82. The maximum absolute atomic E-state index is 13.1. The summed E-state index contributed by atoms with van der Waals surface area (Å²) in [6.07, 6.45) is 0.176. The molecule has 2 aromatic rings. The number of rotatable bonds is 3. The lowest BCUT2D eigenvalue weighted by Crippen LogP contribution is -2.62. The van der Waals surface area contributed by atoms with Crippen molar-refractivity contribution < 1.29 is 19.2 Å². The molecule has 7 nitrogen and oxygen atoms in total. The molecular formula is C20H17N3O4. The van der Waals surface area contributed by atoms with E-state index in [0.717, 1.165) is 10.6 Å². The Morgan fingerprint density at radius 3 is 2.41 bits per heavy atom. The second kappa shape index (κ2) is 6.05. The molecule has 0 saturated carbocycles. The van der Waals surface area contributed by atoms with Crippen molar-refractivity contribution in [2.24, 2.45) is 0 Å². The second-order valence-corrected chi connectivity index (χ2v) is 6.82. The molecule has 2 aromatic carbocycles. The van der Waals surface area contributed by atoms with Gasteiger partial charge in [-0.15, -0.1) is 0 Å². The van der Waals surface area contributed by atoms with Gasteiger partial charge in [-0.05, 0) is 37.6 Å². The van der Waals surface area contributed by atoms with Crippen LogP contribution in [0.3, 0.4) is 0 Å². The van der Waals surface area contributed by atoms with Gasteiger partial charge in [0.2, 0.25) is 5.91 Å². The summed E-state index contributed by atoms with van der Waals surface area (Å²) in [4.78, 5) is 51.0. The fourth-order valence-electron chi connectivity index (χ4n) is 3.52. The lowest BCUT2D eigenvalue weighted by molar-refractivity contribution is -0.140. The molecule has 0 spiro atoms. The minimum absolute atomic E-state index is 0.0742. The number of para-hydroxylation sites is 1. The number of imide groups is 2. The number of piperidine rings is 1. The molecule has 0 aromatic heterocycles. The molecular weight excluding hydrogens is 346 g/mol. The standard InChI is InChI=1S/C20H17N3O4/c1-20(11-10-15(24)22-19(20)27)23-17(25)13-8-5-9-14(16(13)18(23)26)21-12-6-3-2-4-7-12/h2-9,21H,10-11H2,1H3,(H,22,24,27). The van der Waals surface area contributed by atoms with Crippen LogP contribution < -0.4 is 10.6 Å². The topological polar surface area (TPSA) is 95.6 Å². The van der Waals surface area contributed by atoms with Crippen LogP contribution in [0.4, 0.5) is 11.4 Å². The lowest BCUT2D eigenvalue weighted by Gasteiger charge is -2.38. The molecule has 1 atom stereocenters. The van der Waals surface area contributed by atoms with Crippen LogP contribution >= 0.6 is 0 Å². The van der Waals surface area contributed by atoms with E-state index in [1.165, 1.54) is 6.92 Å². The van der Waals surface area contributed by atoms with Crippen molar-refractivity contribution in [3.05, 3.63) is 59.7 Å². The Kier molecular flexibility index (Phi) is 3.80. The molecule has 1 saturated heterocycles. The molecule has 0 aliphatic carbocycles. The van der Waals surface area contributed by atoms with Crippen LogP contribution in [-0.4, -0.2) is 34.1 Å². The quantitative estimate of drug-likeness (QED) is 0.816. The van der Waals surface area contributed by atoms with Gasteiger partial charge in [0.05, 0.1) is 16.8 Å². The number of benzene rings is 2. The number of hydrogen-bond donors (Lipinski definition) is 2. The van der Waals surface area contributed by atoms with Gasteiger partial charge < -0.3 is 5.32 Å². The molecule has 0 radical (unpaired) electrons. The van der Waals surface area contributed by atoms with E-state index in [2.05, 4.69) is 10.6 Å². The van der Waals surface area contributed by atoms with Gasteiger partial charge in [-0.3, -0.25) is 29.4 Å². The van der Waals surface area contributed by atoms with E-state index in [4.69, 9.17) is 0 Å². The van der Waals surface area contributed by atoms with E-state index in [9.17, 15) is 19.2 Å². The molecule has 27 heavy (non-hydrogen) atoms. The SMILES string of the molecule is CC1(N2C(=O)c3cccc(Nc4ccccc4)c3C2=O)CCC(=O)NC1=O. The number of amides is 4. The smallest absolute Gasteiger partial charge is 0.264 e. The fourth-order valence-corrected chi connectivity index (χ4v) is 3.52. The summed E-state index contributed by atoms with van der Waals surface area (Å²) in [5, 5.41) is 5.38. The van der Waals surface area contributed by atoms with Crippen LogP contribution in [-0.2, 0) is 9.59 Å². The van der Waals surface area contributed by atoms with Gasteiger partial charge >= 0.3 is 0 Å². The summed E-state index contributed by atoms with van der Waals surface area (Å²) in [7, 11) is 0. The zero-order valence-electron chi connectivity index (χ0n) is 14.6. The Hall–Kier alpha value is -3.48. The van der Waals surface area contributed by atoms with Gasteiger partial charge in [-0.25, -0.2) is 0 Å². The number of anilines is 2. The highest BCUT2D eigenvalue weighted by Gasteiger charge is 2.53. The molecule has 2 aliphatic rings. The molecule has 4 rings (SSSR count). The van der Waals surface area contributed by atoms with Gasteiger partial charge in [0, 0.05) is 12.1 Å². The summed E-state index contributed by atoms with van der Waals surface area (Å²) >= 11 is 0. The first kappa shape index (κ1) is 17.0. The van der Waals surface area contributed by atoms with Gasteiger partial charge in [0.15, 0.2) is 0 Å². The number of nitrogens with zero attached hydrogens (tertiary/aromatic N) is 1. The first-order chi connectivity index (χ1) is 12.9. The molecule has 4 amide bonds. The number of carbonyl (C=O) groups excluding carboxylic acids is 4. The summed E-state index contributed by atoms with van der Waals surface area (Å²) in [6, 6.07) is 14.3. The Morgan fingerprint density at radius 2 is 1.70 bits per heavy atom. The van der Waals surface area contributed by atoms with Gasteiger partial charge in [-0.1, -0.05) is 24.3 Å². The highest BCUT2D eigenvalue weighted by Crippen LogP contribution is 2.37. The van der Waals surface area contributed by atoms with Gasteiger partial charge in [0.1, 0.15) is 5.54 Å². The highest BCUT2D eigenvalue weighted by molar-refractivity contribution is 6.26. The Bertz CT molecular complexity index is 986. The first-order valence-electron chi connectivity index (χ1n) is 8.60. The highest BCUT2D eigenvalue weighted by atomic mass is 16.2. The van der Waals surface area contributed by atoms with Gasteiger partial charge in [-0.2, -0.15) is 0 Å². The van der Waals surface area contributed by atoms with Crippen molar-refractivity contribution in [2.75, 3.05) is 5.32 Å². The number of hydrogen-bond acceptors (Lipinski definition) is 5. The third-order valence-electron chi connectivity index (χ3n) is 5.04. The zero-order valence-corrected chi connectivity index (χ0v) is 14.6. The molecule has 1 unspecified atom stereocenters. The Balaban J connectivity index is 1.74. The molecule has 2 heterocycles. The maximum Gasteiger partial charge on any atom is 0.264 e. The molecule has 7 heteroatoms. The number of nitrogens with one attached hydrogen (secondary N) is 2. The predicted octanol–water partition coefficient (Wildman–Crippen LogP) is 2.22. The minimum atomic E-state index is -1.40. The largest absolute Gasteiger partial charge is 0.355 e. The number of carbonyl (C=O) groups is 4. The Labute approximate surface area is 155 Å². The summed E-state index contributed by atoms with van der Waals surface area (Å²) in [6.45, 7) is 1.51. The van der Waals surface area contributed by atoms with Crippen LogP contribution in [0, 0.1) is 0 Å². The van der Waals surface area contributed by atoms with Crippen molar-refractivity contribution in [3.63, 3.8) is 0 Å². The lowest BCUT2D eigenvalue weighted by atomic mass is 9.89. The van der Waals surface area contributed by atoms with Crippen molar-refractivity contribution in [2.45, 2.75) is 25.3 Å². The zero-order chi connectivity index (χ0) is 19.2. The van der Waals surface area contributed by atoms with Crippen LogP contribution in [0.5, 0.6) is 0 Å². The summed E-state index contributed by atoms with van der Waals surface area (Å²) in [5.74, 6) is -2.11. The summed E-state index contributed by atoms with van der Waals surface area (Å²) in [5.41, 5.74) is 0.349. The van der Waals surface area contributed by atoms with E-state index >= 15 is 0 Å². The molecule has 2 aliphatic heterocycles. The molecule has 136 valence electrons. The minimum Gasteiger partial charge on any atom is -0.355 e. The van der Waals surface area contributed by atoms with E-state index in [0.29, 0.717) is 5.69 Å². The van der Waals surface area contributed by atoms with Crippen molar-refractivity contribution >= 4 is 35.0 Å². The third kappa shape index (κ3) is 2.59. The van der Waals surface area contributed by atoms with Crippen LogP contribution in [0.25, 0.3) is 0 Å². The van der Waals surface area contributed by atoms with Crippen molar-refractivity contribution in [3.8, 4) is 0 Å². The third-order valence-corrected chi connectivity index (χ3v) is 5.04. The van der Waals surface area contributed by atoms with Crippen molar-refractivity contribution in [1.82, 2.24) is 10.2 Å². The maximum atomic E-state index is 13.1. The van der Waals surface area contributed by atoms with Crippen molar-refractivity contribution in [1.29, 1.82) is 0 Å². The molecule has 1 fully saturated rings. The first-order valence-corrected chi connectivity index (χ1v) is 8.60. The molecule has 0 bridgehead atoms. The normalized spacial score (nSPS) is 21.9. The van der Waals surface area contributed by atoms with Crippen LogP contribution in [0.1, 0.15) is 40.5 Å². The predicted molar refractivity (Wildman–Crippen MR) is 97.5 cm³/mol. The fraction of sp³-hybridized carbons (Fsp3) is 0.200. The number of fused-ring (bicyclic) bond motifs is 1. The Morgan fingerprint density at radius 1 is 0.963 bits per heavy atom. The van der Waals surface area contributed by atoms with E-state index < -0.39 is 29.2 Å². The summed E-state index contributed by atoms with van der Waals surface area (Å²) < 4.78 is 0. The van der Waals surface area contributed by atoms with Crippen LogP contribution in [0.15, 0.2) is 48.5 Å². The van der Waals surface area contributed by atoms with E-state index in [1.54, 1.807) is 18.2 Å². The van der Waals surface area contributed by atoms with E-state index in [1.807, 2.05) is 30.3 Å². The van der Waals surface area contributed by atoms with Crippen LogP contribution in [0.2, 0.25) is 0 Å². The monoisotopic (exact) mass is 363 g/mol. The molecule has 2 N–H and O–H groups in total. The average Bonchev–Trinajstić information content (AvgIpc) is 2.92.